The predicted octanol–water partition coefficient (Wildman–Crippen LogP) is -1.64. The third-order valence-corrected chi connectivity index (χ3v) is 12.5. The van der Waals surface area contributed by atoms with Crippen LogP contribution in [0.5, 0.6) is 0 Å². The lowest BCUT2D eigenvalue weighted by atomic mass is 9.92. The predicted molar refractivity (Wildman–Crippen MR) is 225 cm³/mol. The summed E-state index contributed by atoms with van der Waals surface area (Å²) in [4.78, 5) is 115. The average Bonchev–Trinajstić information content (AvgIpc) is 3.95. The van der Waals surface area contributed by atoms with Crippen LogP contribution in [0.3, 0.4) is 0 Å². The van der Waals surface area contributed by atoms with Crippen LogP contribution >= 0.6 is 11.8 Å². The van der Waals surface area contributed by atoms with Crippen LogP contribution in [0.1, 0.15) is 104 Å². The minimum absolute atomic E-state index is 0.0633. The van der Waals surface area contributed by atoms with E-state index in [2.05, 4.69) is 37.2 Å². The highest BCUT2D eigenvalue weighted by atomic mass is 32.2. The first-order valence-corrected chi connectivity index (χ1v) is 22.5. The molecule has 0 aliphatic carbocycles. The van der Waals surface area contributed by atoms with Gasteiger partial charge in [-0.1, -0.05) is 20.3 Å². The molecule has 0 saturated carbocycles. The van der Waals surface area contributed by atoms with Crippen LogP contribution in [-0.2, 0) is 38.4 Å². The quantitative estimate of drug-likeness (QED) is 0.0183. The van der Waals surface area contributed by atoms with Crippen molar-refractivity contribution in [3.8, 4) is 0 Å². The van der Waals surface area contributed by atoms with Gasteiger partial charge in [-0.2, -0.15) is 11.8 Å². The van der Waals surface area contributed by atoms with Gasteiger partial charge in [-0.3, -0.25) is 43.6 Å². The van der Waals surface area contributed by atoms with E-state index in [0.717, 1.165) is 25.0 Å². The molecule has 7 atom stereocenters. The largest absolute Gasteiger partial charge is 0.368 e. The summed E-state index contributed by atoms with van der Waals surface area (Å²) >= 11 is 1.84. The Morgan fingerprint density at radius 2 is 1.57 bits per heavy atom. The van der Waals surface area contributed by atoms with Gasteiger partial charge >= 0.3 is 6.03 Å². The van der Waals surface area contributed by atoms with Crippen molar-refractivity contribution in [2.75, 3.05) is 38.5 Å². The van der Waals surface area contributed by atoms with Crippen molar-refractivity contribution in [1.82, 2.24) is 47.6 Å². The molecule has 0 aromatic heterocycles. The number of unbranched alkanes of at least 4 members (excludes halogenated alkanes) is 3. The van der Waals surface area contributed by atoms with E-state index < -0.39 is 72.6 Å². The van der Waals surface area contributed by atoms with Gasteiger partial charge in [0.25, 0.3) is 0 Å². The van der Waals surface area contributed by atoms with E-state index in [0.29, 0.717) is 69.7 Å². The number of likely N-dealkylation sites (tertiary alicyclic amines) is 1. The molecule has 1 unspecified atom stereocenters. The normalized spacial score (nSPS) is 20.7. The van der Waals surface area contributed by atoms with Gasteiger partial charge in [-0.05, 0) is 83.1 Å². The number of hydrogen-bond donors (Lipinski definition) is 11. The first-order chi connectivity index (χ1) is 29.1. The average molecular weight is 882 g/mol. The number of rotatable bonds is 28. The monoisotopic (exact) mass is 881 g/mol. The van der Waals surface area contributed by atoms with E-state index in [-0.39, 0.29) is 61.7 Å². The SMILES string of the molecule is CC(C)CC(CC(=O)NO)C(=O)N1CCC[C@H]1C(=O)N[C@@H](CCCCN)C(=O)NCC(=O)NCC(=O)N[C@@H](CCCCNC(=O)CCCC[C@@H]1SC[C@@H]2NC(=O)N[C@@H]21)C(N)=O. The lowest BCUT2D eigenvalue weighted by Crippen LogP contribution is -2.55. The molecule has 61 heavy (non-hydrogen) atoms. The number of hydrogen-bond acceptors (Lipinski definition) is 12. The zero-order valence-corrected chi connectivity index (χ0v) is 36.2. The molecule has 344 valence electrons. The maximum Gasteiger partial charge on any atom is 0.315 e. The Kier molecular flexibility index (Phi) is 22.1. The fourth-order valence-electron chi connectivity index (χ4n) is 7.80. The molecule has 3 heterocycles. The van der Waals surface area contributed by atoms with E-state index >= 15 is 0 Å². The Labute approximate surface area is 361 Å². The molecule has 0 aromatic carbocycles. The number of thioether (sulfide) groups is 1. The van der Waals surface area contributed by atoms with Crippen molar-refractivity contribution in [3.63, 3.8) is 0 Å². The van der Waals surface area contributed by atoms with Gasteiger partial charge in [0.2, 0.25) is 47.3 Å². The Hall–Kier alpha value is -4.70. The zero-order valence-electron chi connectivity index (χ0n) is 35.4. The molecular weight excluding hydrogens is 815 g/mol. The smallest absolute Gasteiger partial charge is 0.315 e. The number of hydroxylamine groups is 1. The highest BCUT2D eigenvalue weighted by molar-refractivity contribution is 8.00. The van der Waals surface area contributed by atoms with Crippen molar-refractivity contribution >= 4 is 65.1 Å². The van der Waals surface area contributed by atoms with Crippen molar-refractivity contribution in [1.29, 1.82) is 0 Å². The molecule has 3 saturated heterocycles. The molecule has 3 rings (SSSR count). The maximum absolute atomic E-state index is 13.5. The van der Waals surface area contributed by atoms with Gasteiger partial charge in [0.05, 0.1) is 25.2 Å². The molecule has 13 N–H and O–H groups in total. The summed E-state index contributed by atoms with van der Waals surface area (Å²) in [7, 11) is 0. The van der Waals surface area contributed by atoms with Gasteiger partial charge in [-0.25, -0.2) is 10.3 Å². The molecule has 22 heteroatoms. The molecule has 3 aliphatic heterocycles. The number of nitrogens with two attached hydrogens (primary N) is 2. The lowest BCUT2D eigenvalue weighted by Gasteiger charge is -2.30. The summed E-state index contributed by atoms with van der Waals surface area (Å²) < 4.78 is 0. The highest BCUT2D eigenvalue weighted by Crippen LogP contribution is 2.33. The van der Waals surface area contributed by atoms with Gasteiger partial charge in [-0.15, -0.1) is 0 Å². The summed E-state index contributed by atoms with van der Waals surface area (Å²) in [5, 5.41) is 28.2. The number of carbonyl (C=O) groups excluding carboxylic acids is 9. The second-order valence-corrected chi connectivity index (χ2v) is 17.6. The van der Waals surface area contributed by atoms with Crippen LogP contribution in [0.25, 0.3) is 0 Å². The first-order valence-electron chi connectivity index (χ1n) is 21.5. The number of nitrogens with zero attached hydrogens (tertiary/aromatic N) is 1. The van der Waals surface area contributed by atoms with Gasteiger partial charge in [0, 0.05) is 42.9 Å². The third-order valence-electron chi connectivity index (χ3n) is 11.0. The Balaban J connectivity index is 1.36. The summed E-state index contributed by atoms with van der Waals surface area (Å²) in [5.41, 5.74) is 12.7. The Morgan fingerprint density at radius 3 is 2.28 bits per heavy atom. The molecule has 0 bridgehead atoms. The second kappa shape index (κ2) is 26.6. The number of primary amides is 1. The molecule has 3 aliphatic rings. The van der Waals surface area contributed by atoms with Crippen molar-refractivity contribution in [2.45, 2.75) is 139 Å². The van der Waals surface area contributed by atoms with Crippen LogP contribution in [0, 0.1) is 11.8 Å². The highest BCUT2D eigenvalue weighted by Gasteiger charge is 2.43. The fraction of sp³-hybridized carbons (Fsp3) is 0.769. The summed E-state index contributed by atoms with van der Waals surface area (Å²) in [6, 6.07) is -2.74. The molecule has 0 radical (unpaired) electrons. The minimum atomic E-state index is -1.06. The molecule has 10 amide bonds. The van der Waals surface area contributed by atoms with Crippen LogP contribution in [-0.4, -0.2) is 137 Å². The molecular formula is C39H67N11O10S. The molecule has 21 nitrogen and oxygen atoms in total. The number of amides is 10. The maximum atomic E-state index is 13.5. The third kappa shape index (κ3) is 17.7. The second-order valence-electron chi connectivity index (χ2n) is 16.3. The van der Waals surface area contributed by atoms with Crippen LogP contribution in [0.2, 0.25) is 0 Å². The fourth-order valence-corrected chi connectivity index (χ4v) is 9.35. The molecule has 0 spiro atoms. The number of urea groups is 1. The number of fused-ring (bicyclic) bond motifs is 1. The summed E-state index contributed by atoms with van der Waals surface area (Å²) in [6.07, 6.45) is 6.42. The van der Waals surface area contributed by atoms with E-state index in [1.54, 1.807) is 5.48 Å². The van der Waals surface area contributed by atoms with Crippen molar-refractivity contribution in [2.24, 2.45) is 23.3 Å². The van der Waals surface area contributed by atoms with Gasteiger partial charge in [0.1, 0.15) is 18.1 Å². The van der Waals surface area contributed by atoms with E-state index in [1.807, 2.05) is 25.6 Å². The van der Waals surface area contributed by atoms with Gasteiger partial charge in [0.15, 0.2) is 0 Å². The number of nitrogens with one attached hydrogen (secondary N) is 8. The topological polar surface area (TPSA) is 325 Å². The summed E-state index contributed by atoms with van der Waals surface area (Å²) in [6.45, 7) is 3.81. The standard InChI is InChI=1S/C39H67N11O10S/c1-23(2)18-24(19-31(52)49-60)38(58)50-17-9-12-28(50)37(57)46-26(11-5-7-15-40)36(56)44-20-32(53)43-21-33(54)45-25(35(41)55)10-6-8-16-42-30(51)14-4-3-13-29-34-27(22-61-29)47-39(59)48-34/h23-29,34,60H,3-22,40H2,1-2H3,(H2,41,55)(H,42,51)(H,43,53)(H,44,56)(H,45,54)(H,46,57)(H,49,52)(H2,47,48,59)/t24?,25-,26-,27-,28-,29-,34-/m0/s1. The van der Waals surface area contributed by atoms with E-state index in [9.17, 15) is 43.2 Å². The minimum Gasteiger partial charge on any atom is -0.368 e. The Bertz CT molecular complexity index is 1540. The van der Waals surface area contributed by atoms with Crippen LogP contribution in [0.15, 0.2) is 0 Å². The van der Waals surface area contributed by atoms with E-state index in [4.69, 9.17) is 16.7 Å². The summed E-state index contributed by atoms with van der Waals surface area (Å²) in [5.74, 6) is -4.32. The molecule has 3 fully saturated rings. The van der Waals surface area contributed by atoms with Gasteiger partial charge < -0.3 is 53.6 Å². The molecule has 0 aromatic rings. The van der Waals surface area contributed by atoms with Crippen LogP contribution in [0.4, 0.5) is 4.79 Å². The van der Waals surface area contributed by atoms with Crippen molar-refractivity contribution < 1.29 is 48.4 Å². The van der Waals surface area contributed by atoms with Crippen LogP contribution < -0.4 is 54.2 Å². The van der Waals surface area contributed by atoms with E-state index in [1.165, 1.54) is 4.90 Å². The zero-order chi connectivity index (χ0) is 44.9. The first kappa shape index (κ1) is 50.7. The Morgan fingerprint density at radius 1 is 0.852 bits per heavy atom. The lowest BCUT2D eigenvalue weighted by molar-refractivity contribution is -0.145. The van der Waals surface area contributed by atoms with Crippen molar-refractivity contribution in [3.05, 3.63) is 0 Å². The number of carbonyl (C=O) groups is 9.